The molecule has 0 unspecified atom stereocenters. The number of amides is 1. The summed E-state index contributed by atoms with van der Waals surface area (Å²) in [5.74, 6) is -0.803. The maximum atomic E-state index is 11.9. The Morgan fingerprint density at radius 1 is 1.11 bits per heavy atom. The summed E-state index contributed by atoms with van der Waals surface area (Å²) < 4.78 is 0. The number of carboxylic acids is 1. The van der Waals surface area contributed by atoms with E-state index >= 15 is 0 Å². The molecular formula is C13H24N2O3. The van der Waals surface area contributed by atoms with E-state index in [-0.39, 0.29) is 12.3 Å². The smallest absolute Gasteiger partial charge is 0.303 e. The zero-order valence-electron chi connectivity index (χ0n) is 10.9. The molecule has 0 saturated heterocycles. The minimum atomic E-state index is -0.762. The molecule has 0 aliphatic heterocycles. The first-order valence-corrected chi connectivity index (χ1v) is 6.83. The molecule has 0 heterocycles. The second-order valence-electron chi connectivity index (χ2n) is 5.18. The standard InChI is InChI=1S/C13H24N2O3/c14-13(8-4-2-5-9-13)12(18)15-10-6-1-3-7-11(16)17/h1-10,14H2,(H,15,18)(H,16,17). The van der Waals surface area contributed by atoms with Crippen molar-refractivity contribution < 1.29 is 14.7 Å². The summed E-state index contributed by atoms with van der Waals surface area (Å²) in [6.45, 7) is 0.595. The van der Waals surface area contributed by atoms with Crippen molar-refractivity contribution >= 4 is 11.9 Å². The Hall–Kier alpha value is -1.10. The van der Waals surface area contributed by atoms with Crippen LogP contribution in [0.25, 0.3) is 0 Å². The van der Waals surface area contributed by atoms with Crippen LogP contribution < -0.4 is 11.1 Å². The third-order valence-corrected chi connectivity index (χ3v) is 3.55. The van der Waals surface area contributed by atoms with Crippen molar-refractivity contribution in [3.8, 4) is 0 Å². The molecule has 5 nitrogen and oxygen atoms in total. The van der Waals surface area contributed by atoms with Gasteiger partial charge in [0, 0.05) is 13.0 Å². The first kappa shape index (κ1) is 15.0. The number of hydrogen-bond donors (Lipinski definition) is 3. The minimum absolute atomic E-state index is 0.0413. The van der Waals surface area contributed by atoms with Crippen molar-refractivity contribution in [1.29, 1.82) is 0 Å². The highest BCUT2D eigenvalue weighted by Crippen LogP contribution is 2.25. The Balaban J connectivity index is 2.11. The van der Waals surface area contributed by atoms with Gasteiger partial charge in [-0.3, -0.25) is 9.59 Å². The Labute approximate surface area is 108 Å². The molecule has 0 aromatic carbocycles. The van der Waals surface area contributed by atoms with Gasteiger partial charge in [-0.15, -0.1) is 0 Å². The number of carboxylic acid groups (broad SMARTS) is 1. The number of carbonyl (C=O) groups excluding carboxylic acids is 1. The molecule has 1 aliphatic rings. The van der Waals surface area contributed by atoms with Crippen molar-refractivity contribution in [3.05, 3.63) is 0 Å². The maximum absolute atomic E-state index is 11.9. The van der Waals surface area contributed by atoms with Crippen molar-refractivity contribution in [2.75, 3.05) is 6.54 Å². The van der Waals surface area contributed by atoms with E-state index in [1.54, 1.807) is 0 Å². The summed E-state index contributed by atoms with van der Waals surface area (Å²) >= 11 is 0. The summed E-state index contributed by atoms with van der Waals surface area (Å²) in [5, 5.41) is 11.3. The maximum Gasteiger partial charge on any atom is 0.303 e. The van der Waals surface area contributed by atoms with Crippen molar-refractivity contribution in [3.63, 3.8) is 0 Å². The molecule has 0 aromatic heterocycles. The highest BCUT2D eigenvalue weighted by molar-refractivity contribution is 5.86. The zero-order valence-corrected chi connectivity index (χ0v) is 10.9. The van der Waals surface area contributed by atoms with E-state index in [2.05, 4.69) is 5.32 Å². The van der Waals surface area contributed by atoms with Crippen molar-refractivity contribution in [2.45, 2.75) is 63.3 Å². The van der Waals surface area contributed by atoms with E-state index in [1.165, 1.54) is 6.42 Å². The fourth-order valence-electron chi connectivity index (χ4n) is 2.37. The molecule has 4 N–H and O–H groups in total. The molecule has 0 radical (unpaired) electrons. The average Bonchev–Trinajstić information content (AvgIpc) is 2.34. The number of nitrogens with one attached hydrogen (secondary N) is 1. The van der Waals surface area contributed by atoms with E-state index in [9.17, 15) is 9.59 Å². The lowest BCUT2D eigenvalue weighted by Gasteiger charge is -2.31. The monoisotopic (exact) mass is 256 g/mol. The number of nitrogens with two attached hydrogens (primary N) is 1. The van der Waals surface area contributed by atoms with Crippen LogP contribution in [0.15, 0.2) is 0 Å². The van der Waals surface area contributed by atoms with Gasteiger partial charge in [0.1, 0.15) is 0 Å². The van der Waals surface area contributed by atoms with E-state index in [1.807, 2.05) is 0 Å². The van der Waals surface area contributed by atoms with Gasteiger partial charge in [-0.2, -0.15) is 0 Å². The third kappa shape index (κ3) is 5.04. The number of aliphatic carboxylic acids is 1. The SMILES string of the molecule is NC1(C(=O)NCCCCCC(=O)O)CCCCC1. The zero-order chi connectivity index (χ0) is 13.4. The van der Waals surface area contributed by atoms with E-state index in [4.69, 9.17) is 10.8 Å². The Kier molecular flexibility index (Phi) is 6.12. The van der Waals surface area contributed by atoms with Gasteiger partial charge < -0.3 is 16.2 Å². The fourth-order valence-corrected chi connectivity index (χ4v) is 2.37. The van der Waals surface area contributed by atoms with Crippen LogP contribution in [-0.4, -0.2) is 29.1 Å². The quantitative estimate of drug-likeness (QED) is 0.600. The summed E-state index contributed by atoms with van der Waals surface area (Å²) in [7, 11) is 0. The predicted octanol–water partition coefficient (Wildman–Crippen LogP) is 1.41. The lowest BCUT2D eigenvalue weighted by molar-refractivity contribution is -0.137. The van der Waals surface area contributed by atoms with Crippen LogP contribution in [0.4, 0.5) is 0 Å². The molecule has 1 fully saturated rings. The van der Waals surface area contributed by atoms with Gasteiger partial charge in [0.25, 0.3) is 0 Å². The van der Waals surface area contributed by atoms with E-state index < -0.39 is 11.5 Å². The molecule has 104 valence electrons. The largest absolute Gasteiger partial charge is 0.481 e. The van der Waals surface area contributed by atoms with Gasteiger partial charge in [-0.1, -0.05) is 25.7 Å². The third-order valence-electron chi connectivity index (χ3n) is 3.55. The normalized spacial score (nSPS) is 18.3. The molecule has 0 atom stereocenters. The van der Waals surface area contributed by atoms with Crippen LogP contribution in [-0.2, 0) is 9.59 Å². The topological polar surface area (TPSA) is 92.4 Å². The van der Waals surface area contributed by atoms with Gasteiger partial charge in [-0.25, -0.2) is 0 Å². The first-order valence-electron chi connectivity index (χ1n) is 6.83. The minimum Gasteiger partial charge on any atom is -0.481 e. The Morgan fingerprint density at radius 3 is 2.39 bits per heavy atom. The molecule has 18 heavy (non-hydrogen) atoms. The summed E-state index contributed by atoms with van der Waals surface area (Å²) in [6, 6.07) is 0. The number of hydrogen-bond acceptors (Lipinski definition) is 3. The predicted molar refractivity (Wildman–Crippen MR) is 69.1 cm³/mol. The first-order chi connectivity index (χ1) is 8.54. The molecule has 0 spiro atoms. The summed E-state index contributed by atoms with van der Waals surface area (Å²) in [5.41, 5.74) is 5.43. The van der Waals surface area contributed by atoms with Crippen LogP contribution >= 0.6 is 0 Å². The van der Waals surface area contributed by atoms with Gasteiger partial charge >= 0.3 is 5.97 Å². The van der Waals surface area contributed by atoms with E-state index in [0.29, 0.717) is 13.0 Å². The van der Waals surface area contributed by atoms with Crippen LogP contribution in [0.5, 0.6) is 0 Å². The second kappa shape index (κ2) is 7.36. The Morgan fingerprint density at radius 2 is 1.78 bits per heavy atom. The van der Waals surface area contributed by atoms with Gasteiger partial charge in [0.05, 0.1) is 5.54 Å². The molecule has 1 saturated carbocycles. The van der Waals surface area contributed by atoms with Crippen LogP contribution in [0.2, 0.25) is 0 Å². The summed E-state index contributed by atoms with van der Waals surface area (Å²) in [4.78, 5) is 22.2. The second-order valence-corrected chi connectivity index (χ2v) is 5.18. The Bertz CT molecular complexity index is 286. The molecular weight excluding hydrogens is 232 g/mol. The van der Waals surface area contributed by atoms with Crippen LogP contribution in [0.3, 0.4) is 0 Å². The van der Waals surface area contributed by atoms with Crippen LogP contribution in [0.1, 0.15) is 57.8 Å². The lowest BCUT2D eigenvalue weighted by Crippen LogP contribution is -2.55. The van der Waals surface area contributed by atoms with Gasteiger partial charge in [0.2, 0.25) is 5.91 Å². The van der Waals surface area contributed by atoms with Gasteiger partial charge in [-0.05, 0) is 25.7 Å². The van der Waals surface area contributed by atoms with Gasteiger partial charge in [0.15, 0.2) is 0 Å². The molecule has 0 aromatic rings. The fraction of sp³-hybridized carbons (Fsp3) is 0.846. The van der Waals surface area contributed by atoms with E-state index in [0.717, 1.165) is 38.5 Å². The van der Waals surface area contributed by atoms with Crippen LogP contribution in [0, 0.1) is 0 Å². The number of unbranched alkanes of at least 4 members (excludes halogenated alkanes) is 2. The summed E-state index contributed by atoms with van der Waals surface area (Å²) in [6.07, 6.45) is 7.29. The highest BCUT2D eigenvalue weighted by Gasteiger charge is 2.34. The number of carbonyl (C=O) groups is 2. The number of rotatable bonds is 7. The lowest BCUT2D eigenvalue weighted by atomic mass is 9.82. The van der Waals surface area contributed by atoms with Crippen molar-refractivity contribution in [2.24, 2.45) is 5.73 Å². The molecule has 1 amide bonds. The highest BCUT2D eigenvalue weighted by atomic mass is 16.4. The average molecular weight is 256 g/mol. The molecule has 0 bridgehead atoms. The molecule has 1 rings (SSSR count). The molecule has 5 heteroatoms. The molecule has 1 aliphatic carbocycles. The van der Waals surface area contributed by atoms with Crippen molar-refractivity contribution in [1.82, 2.24) is 5.32 Å².